The van der Waals surface area contributed by atoms with Gasteiger partial charge in [-0.1, -0.05) is 130 Å². The predicted molar refractivity (Wildman–Crippen MR) is 218 cm³/mol. The number of hydrazone groups is 1. The van der Waals surface area contributed by atoms with E-state index in [4.69, 9.17) is 10.1 Å². The first-order valence-electron chi connectivity index (χ1n) is 17.7. The minimum Gasteiger partial charge on any atom is -0.456 e. The van der Waals surface area contributed by atoms with E-state index in [9.17, 15) is 0 Å². The van der Waals surface area contributed by atoms with Gasteiger partial charge in [0.2, 0.25) is 0 Å². The standard InChI is InChI=1S/C47H38BN4.Pt/c1-33-26-35(3)46(36(4)27-33)48(40-21-14-20-39(30-40)45-29-34(2)28-44(49-45)37-16-8-5-9-17-37)41-22-15-25-43(31-41)52-32-51(42-23-12-7-13-24-42)47(50-52)38-18-10-6-11-19-38;/h5-29,32H,1-4H3;/q-3;. The Morgan fingerprint density at radius 1 is 0.566 bits per heavy atom. The second kappa shape index (κ2) is 15.6. The zero-order valence-corrected chi connectivity index (χ0v) is 32.5. The number of aromatic nitrogens is 1. The quantitative estimate of drug-likeness (QED) is 0.114. The molecule has 6 aromatic carbocycles. The Kier molecular flexibility index (Phi) is 10.6. The summed E-state index contributed by atoms with van der Waals surface area (Å²) in [5.41, 5.74) is 15.1. The summed E-state index contributed by atoms with van der Waals surface area (Å²) < 4.78 is 0. The minimum absolute atomic E-state index is 0. The fourth-order valence-electron chi connectivity index (χ4n) is 7.29. The van der Waals surface area contributed by atoms with Crippen molar-refractivity contribution >= 4 is 40.3 Å². The van der Waals surface area contributed by atoms with Crippen LogP contribution in [0.5, 0.6) is 0 Å². The molecule has 1 aliphatic heterocycles. The SMILES string of the molecule is Cc1cc(-c2[c-]c(B(c3[c-]c(N4[CH-]N(c5ccccc5)C(c5ccccc5)=N4)ccc3)c3c(C)cc(C)cc3C)ccc2)nc(-c2ccccc2)c1.[Pt]. The second-order valence-corrected chi connectivity index (χ2v) is 13.5. The molecule has 0 spiro atoms. The molecule has 0 unspecified atom stereocenters. The summed E-state index contributed by atoms with van der Waals surface area (Å²) in [6, 6.07) is 60.3. The van der Waals surface area contributed by atoms with Crippen LogP contribution in [0.25, 0.3) is 22.5 Å². The molecule has 4 nitrogen and oxygen atoms in total. The molecule has 0 bridgehead atoms. The molecular weight excluding hydrogens is 826 g/mol. The van der Waals surface area contributed by atoms with Crippen LogP contribution in [0.2, 0.25) is 0 Å². The van der Waals surface area contributed by atoms with Crippen molar-refractivity contribution in [2.45, 2.75) is 27.7 Å². The Morgan fingerprint density at radius 3 is 1.81 bits per heavy atom. The third-order valence-corrected chi connectivity index (χ3v) is 9.55. The van der Waals surface area contributed by atoms with E-state index in [1.165, 1.54) is 22.2 Å². The predicted octanol–water partition coefficient (Wildman–Crippen LogP) is 8.57. The number of hydrogen-bond donors (Lipinski definition) is 0. The maximum Gasteiger partial charge on any atom is 0.198 e. The summed E-state index contributed by atoms with van der Waals surface area (Å²) in [7, 11) is 0. The van der Waals surface area contributed by atoms with Crippen molar-refractivity contribution in [3.63, 3.8) is 0 Å². The molecule has 0 amide bonds. The van der Waals surface area contributed by atoms with Crippen molar-refractivity contribution in [1.29, 1.82) is 0 Å². The second-order valence-electron chi connectivity index (χ2n) is 13.5. The van der Waals surface area contributed by atoms with Crippen LogP contribution in [-0.4, -0.2) is 17.5 Å². The Bertz CT molecular complexity index is 2370. The molecule has 1 aromatic heterocycles. The summed E-state index contributed by atoms with van der Waals surface area (Å²) >= 11 is 0. The monoisotopic (exact) mass is 864 g/mol. The van der Waals surface area contributed by atoms with Gasteiger partial charge in [0.15, 0.2) is 6.71 Å². The van der Waals surface area contributed by atoms with Gasteiger partial charge in [0.05, 0.1) is 5.69 Å². The van der Waals surface area contributed by atoms with Gasteiger partial charge >= 0.3 is 0 Å². The molecule has 0 atom stereocenters. The van der Waals surface area contributed by atoms with Gasteiger partial charge in [0.25, 0.3) is 0 Å². The number of rotatable bonds is 8. The molecule has 0 saturated carbocycles. The first-order chi connectivity index (χ1) is 25.4. The molecule has 0 radical (unpaired) electrons. The summed E-state index contributed by atoms with van der Waals surface area (Å²) in [5, 5.41) is 7.08. The van der Waals surface area contributed by atoms with E-state index >= 15 is 0 Å². The molecule has 1 aliphatic rings. The van der Waals surface area contributed by atoms with E-state index in [1.54, 1.807) is 0 Å². The number of benzene rings is 6. The Hall–Kier alpha value is -5.51. The van der Waals surface area contributed by atoms with E-state index in [1.807, 2.05) is 42.0 Å². The van der Waals surface area contributed by atoms with Gasteiger partial charge in [-0.3, -0.25) is 4.98 Å². The first-order valence-corrected chi connectivity index (χ1v) is 17.7. The van der Waals surface area contributed by atoms with Crippen LogP contribution in [0.3, 0.4) is 0 Å². The number of para-hydroxylation sites is 1. The van der Waals surface area contributed by atoms with Gasteiger partial charge in [0.1, 0.15) is 5.84 Å². The van der Waals surface area contributed by atoms with Crippen LogP contribution in [0.15, 0.2) is 157 Å². The number of pyridine rings is 1. The fourth-order valence-corrected chi connectivity index (χ4v) is 7.29. The Balaban J connectivity index is 0.00000435. The van der Waals surface area contributed by atoms with Crippen molar-refractivity contribution in [1.82, 2.24) is 4.98 Å². The van der Waals surface area contributed by atoms with E-state index in [0.29, 0.717) is 0 Å². The Labute approximate surface area is 328 Å². The molecule has 53 heavy (non-hydrogen) atoms. The molecule has 6 heteroatoms. The molecule has 8 rings (SSSR count). The van der Waals surface area contributed by atoms with Gasteiger partial charge in [0, 0.05) is 32.3 Å². The number of amidine groups is 1. The van der Waals surface area contributed by atoms with Gasteiger partial charge in [-0.2, -0.15) is 34.2 Å². The molecule has 0 N–H and O–H groups in total. The summed E-state index contributed by atoms with van der Waals surface area (Å²) in [4.78, 5) is 7.26. The number of aryl methyl sites for hydroxylation is 4. The summed E-state index contributed by atoms with van der Waals surface area (Å²) in [5.74, 6) is 0.855. The number of hydrogen-bond acceptors (Lipinski definition) is 4. The van der Waals surface area contributed by atoms with Gasteiger partial charge in [-0.15, -0.1) is 42.6 Å². The van der Waals surface area contributed by atoms with E-state index in [-0.39, 0.29) is 27.8 Å². The number of anilines is 2. The van der Waals surface area contributed by atoms with Crippen molar-refractivity contribution in [3.05, 3.63) is 198 Å². The van der Waals surface area contributed by atoms with Crippen LogP contribution >= 0.6 is 0 Å². The molecule has 0 saturated heterocycles. The summed E-state index contributed by atoms with van der Waals surface area (Å²) in [6.07, 6.45) is 0. The average molecular weight is 865 g/mol. The maximum absolute atomic E-state index is 5.15. The fraction of sp³-hybridized carbons (Fsp3) is 0.0851. The molecule has 262 valence electrons. The molecule has 0 aliphatic carbocycles. The van der Waals surface area contributed by atoms with Gasteiger partial charge in [-0.05, 0) is 57.2 Å². The maximum atomic E-state index is 5.15. The third-order valence-electron chi connectivity index (χ3n) is 9.55. The van der Waals surface area contributed by atoms with Crippen molar-refractivity contribution in [2.75, 3.05) is 9.91 Å². The van der Waals surface area contributed by atoms with E-state index < -0.39 is 0 Å². The largest absolute Gasteiger partial charge is 0.456 e. The van der Waals surface area contributed by atoms with E-state index in [0.717, 1.165) is 61.8 Å². The normalized spacial score (nSPS) is 12.3. The topological polar surface area (TPSA) is 31.7 Å². The van der Waals surface area contributed by atoms with Crippen molar-refractivity contribution in [3.8, 4) is 22.5 Å². The zero-order chi connectivity index (χ0) is 35.6. The van der Waals surface area contributed by atoms with Crippen molar-refractivity contribution in [2.24, 2.45) is 5.10 Å². The van der Waals surface area contributed by atoms with Crippen LogP contribution in [0.1, 0.15) is 27.8 Å². The third kappa shape index (κ3) is 7.54. The van der Waals surface area contributed by atoms with E-state index in [2.05, 4.69) is 166 Å². The smallest absolute Gasteiger partial charge is 0.198 e. The first kappa shape index (κ1) is 35.9. The molecule has 0 fully saturated rings. The van der Waals surface area contributed by atoms with Crippen LogP contribution in [0.4, 0.5) is 11.4 Å². The van der Waals surface area contributed by atoms with Crippen LogP contribution in [-0.2, 0) is 21.1 Å². The molecule has 2 heterocycles. The minimum atomic E-state index is -0.121. The van der Waals surface area contributed by atoms with Crippen LogP contribution in [0, 0.1) is 46.5 Å². The summed E-state index contributed by atoms with van der Waals surface area (Å²) in [6.45, 7) is 10.6. The zero-order valence-electron chi connectivity index (χ0n) is 30.2. The Morgan fingerprint density at radius 2 is 1.13 bits per heavy atom. The van der Waals surface area contributed by atoms with Gasteiger partial charge in [-0.25, -0.2) is 0 Å². The molecular formula is C47H38BN4Pt-3. The number of nitrogens with zero attached hydrogens (tertiary/aromatic N) is 4. The van der Waals surface area contributed by atoms with Crippen LogP contribution < -0.4 is 26.3 Å². The molecule has 7 aromatic rings. The van der Waals surface area contributed by atoms with Crippen molar-refractivity contribution < 1.29 is 21.1 Å². The van der Waals surface area contributed by atoms with Gasteiger partial charge < -0.3 is 9.91 Å². The average Bonchev–Trinajstić information content (AvgIpc) is 3.63.